The van der Waals surface area contributed by atoms with Gasteiger partial charge in [-0.25, -0.2) is 10.4 Å². The smallest absolute Gasteiger partial charge is 0.402 e. The van der Waals surface area contributed by atoms with Crippen LogP contribution in [0.3, 0.4) is 0 Å². The zero-order valence-corrected chi connectivity index (χ0v) is 21.7. The molecule has 0 bridgehead atoms. The van der Waals surface area contributed by atoms with Crippen LogP contribution in [0.5, 0.6) is 5.75 Å². The zero-order valence-electron chi connectivity index (χ0n) is 20.9. The molecule has 2 unspecified atom stereocenters. The summed E-state index contributed by atoms with van der Waals surface area (Å²) < 4.78 is 56.8. The number of rotatable bonds is 9. The zero-order chi connectivity index (χ0) is 27.3. The van der Waals surface area contributed by atoms with Gasteiger partial charge in [0, 0.05) is 58.0 Å². The Morgan fingerprint density at radius 3 is 2.95 bits per heavy atom. The average Bonchev–Trinajstić information content (AvgIpc) is 3.04. The number of hydrogen-bond donors (Lipinski definition) is 3. The Morgan fingerprint density at radius 1 is 1.37 bits per heavy atom. The van der Waals surface area contributed by atoms with Crippen LogP contribution in [-0.4, -0.2) is 106 Å². The second-order valence-corrected chi connectivity index (χ2v) is 9.88. The van der Waals surface area contributed by atoms with Crippen LogP contribution in [0, 0.1) is 5.92 Å². The summed E-state index contributed by atoms with van der Waals surface area (Å²) >= 11 is 6.05. The highest BCUT2D eigenvalue weighted by molar-refractivity contribution is 6.30. The van der Waals surface area contributed by atoms with Crippen molar-refractivity contribution in [2.24, 2.45) is 5.92 Å². The van der Waals surface area contributed by atoms with Gasteiger partial charge in [-0.2, -0.15) is 13.2 Å². The quantitative estimate of drug-likeness (QED) is 0.373. The van der Waals surface area contributed by atoms with Crippen molar-refractivity contribution in [2.45, 2.75) is 37.1 Å². The third-order valence-corrected chi connectivity index (χ3v) is 6.99. The van der Waals surface area contributed by atoms with Gasteiger partial charge in [0.1, 0.15) is 0 Å². The topological polar surface area (TPSA) is 117 Å². The minimum atomic E-state index is -4.70. The van der Waals surface area contributed by atoms with Gasteiger partial charge >= 0.3 is 6.18 Å². The fourth-order valence-corrected chi connectivity index (χ4v) is 5.15. The number of carbonyl (C=O) groups is 2. The molecule has 3 N–H and O–H groups in total. The number of pyridine rings is 1. The SMILES string of the molecule is COC[C@@H](COCCC(=O)N1CCN2c3ncc(Cl)cc3OCC[C@@H]2C1)NC1CNNC(=O)C1C(F)(F)F. The van der Waals surface area contributed by atoms with Crippen molar-refractivity contribution in [3.63, 3.8) is 0 Å². The molecular formula is C23H32ClF3N6O5. The molecule has 0 saturated carbocycles. The molecule has 2 fully saturated rings. The molecule has 4 heterocycles. The molecule has 0 aromatic carbocycles. The van der Waals surface area contributed by atoms with Gasteiger partial charge in [-0.3, -0.25) is 15.0 Å². The number of hydrazine groups is 1. The monoisotopic (exact) mass is 564 g/mol. The Balaban J connectivity index is 1.25. The van der Waals surface area contributed by atoms with Crippen molar-refractivity contribution in [1.82, 2.24) is 26.1 Å². The number of piperazine rings is 1. The molecule has 1 aromatic rings. The van der Waals surface area contributed by atoms with Gasteiger partial charge in [-0.1, -0.05) is 11.6 Å². The standard InChI is InChI=1S/C23H32ClF3N6O5/c1-36-12-15(30-17-10-29-31-22(35)20(17)23(25,26)27)13-37-6-3-19(34)32-4-5-33-16(11-32)2-7-38-18-8-14(24)9-28-21(18)33/h8-9,15-17,20,29-30H,2-7,10-13H2,1H3,(H,31,35)/t15-,16+,17?,20?/m0/s1. The third kappa shape index (κ3) is 6.97. The van der Waals surface area contributed by atoms with Gasteiger partial charge in [0.05, 0.1) is 50.0 Å². The number of halogens is 4. The number of fused-ring (bicyclic) bond motifs is 3. The van der Waals surface area contributed by atoms with Crippen LogP contribution >= 0.6 is 11.6 Å². The largest absolute Gasteiger partial charge is 0.490 e. The molecule has 3 aliphatic heterocycles. The number of hydrogen-bond acceptors (Lipinski definition) is 9. The van der Waals surface area contributed by atoms with Crippen molar-refractivity contribution in [3.05, 3.63) is 17.3 Å². The first-order valence-corrected chi connectivity index (χ1v) is 12.8. The lowest BCUT2D eigenvalue weighted by Crippen LogP contribution is -2.65. The van der Waals surface area contributed by atoms with Crippen LogP contribution in [0.15, 0.2) is 12.3 Å². The summed E-state index contributed by atoms with van der Waals surface area (Å²) in [7, 11) is 1.42. The van der Waals surface area contributed by atoms with Crippen LogP contribution < -0.4 is 25.8 Å². The minimum absolute atomic E-state index is 0.0164. The average molecular weight is 565 g/mol. The second kappa shape index (κ2) is 12.6. The normalized spacial score (nSPS) is 24.6. The van der Waals surface area contributed by atoms with Crippen LogP contribution in [0.1, 0.15) is 12.8 Å². The number of aromatic nitrogens is 1. The van der Waals surface area contributed by atoms with Gasteiger partial charge in [0.15, 0.2) is 17.5 Å². The second-order valence-electron chi connectivity index (χ2n) is 9.44. The summed E-state index contributed by atoms with van der Waals surface area (Å²) in [6, 6.07) is 0.00919. The number of amides is 2. The number of methoxy groups -OCH3 is 1. The summed E-state index contributed by atoms with van der Waals surface area (Å²) in [4.78, 5) is 33.0. The maximum Gasteiger partial charge on any atom is 0.402 e. The lowest BCUT2D eigenvalue weighted by Gasteiger charge is -2.41. The van der Waals surface area contributed by atoms with E-state index in [1.54, 1.807) is 17.2 Å². The van der Waals surface area contributed by atoms with Crippen molar-refractivity contribution >= 4 is 29.2 Å². The van der Waals surface area contributed by atoms with Crippen LogP contribution in [-0.2, 0) is 19.1 Å². The molecule has 4 atom stereocenters. The van der Waals surface area contributed by atoms with E-state index in [1.165, 1.54) is 7.11 Å². The molecule has 38 heavy (non-hydrogen) atoms. The molecule has 11 nitrogen and oxygen atoms in total. The first-order chi connectivity index (χ1) is 18.2. The van der Waals surface area contributed by atoms with Crippen LogP contribution in [0.2, 0.25) is 5.02 Å². The van der Waals surface area contributed by atoms with Gasteiger partial charge in [0.2, 0.25) is 11.8 Å². The van der Waals surface area contributed by atoms with E-state index in [1.807, 2.05) is 5.43 Å². The molecular weight excluding hydrogens is 533 g/mol. The highest BCUT2D eigenvalue weighted by atomic mass is 35.5. The fourth-order valence-electron chi connectivity index (χ4n) is 5.00. The summed E-state index contributed by atoms with van der Waals surface area (Å²) in [5.41, 5.74) is 4.49. The molecule has 212 valence electrons. The van der Waals surface area contributed by atoms with E-state index in [9.17, 15) is 22.8 Å². The van der Waals surface area contributed by atoms with E-state index in [0.717, 1.165) is 12.2 Å². The number of carbonyl (C=O) groups excluding carboxylic acids is 2. The van der Waals surface area contributed by atoms with Crippen molar-refractivity contribution in [2.75, 3.05) is 64.6 Å². The summed E-state index contributed by atoms with van der Waals surface area (Å²) in [6.45, 7) is 2.21. The highest BCUT2D eigenvalue weighted by Gasteiger charge is 2.51. The molecule has 0 radical (unpaired) electrons. The Hall–Kier alpha value is -2.39. The van der Waals surface area contributed by atoms with E-state index >= 15 is 0 Å². The van der Waals surface area contributed by atoms with E-state index in [-0.39, 0.29) is 44.7 Å². The number of anilines is 1. The Labute approximate surface area is 223 Å². The number of nitrogens with one attached hydrogen (secondary N) is 3. The predicted molar refractivity (Wildman–Crippen MR) is 131 cm³/mol. The first kappa shape index (κ1) is 28.6. The third-order valence-electron chi connectivity index (χ3n) is 6.78. The molecule has 0 spiro atoms. The lowest BCUT2D eigenvalue weighted by molar-refractivity contribution is -0.193. The molecule has 0 aliphatic carbocycles. The van der Waals surface area contributed by atoms with E-state index < -0.39 is 30.1 Å². The first-order valence-electron chi connectivity index (χ1n) is 12.4. The van der Waals surface area contributed by atoms with E-state index in [0.29, 0.717) is 37.0 Å². The molecule has 3 aliphatic rings. The van der Waals surface area contributed by atoms with Gasteiger partial charge < -0.3 is 29.3 Å². The molecule has 15 heteroatoms. The van der Waals surface area contributed by atoms with E-state index in [2.05, 4.69) is 20.6 Å². The Kier molecular flexibility index (Phi) is 9.52. The molecule has 2 saturated heterocycles. The summed E-state index contributed by atoms with van der Waals surface area (Å²) in [6.07, 6.45) is -2.26. The van der Waals surface area contributed by atoms with Crippen LogP contribution in [0.4, 0.5) is 19.0 Å². The highest BCUT2D eigenvalue weighted by Crippen LogP contribution is 2.34. The van der Waals surface area contributed by atoms with Crippen LogP contribution in [0.25, 0.3) is 0 Å². The summed E-state index contributed by atoms with van der Waals surface area (Å²) in [5, 5.41) is 3.32. The van der Waals surface area contributed by atoms with Crippen molar-refractivity contribution < 1.29 is 37.0 Å². The number of ether oxygens (including phenoxy) is 3. The van der Waals surface area contributed by atoms with Gasteiger partial charge in [-0.05, 0) is 0 Å². The maximum absolute atomic E-state index is 13.4. The van der Waals surface area contributed by atoms with Gasteiger partial charge in [0.25, 0.3) is 0 Å². The Morgan fingerprint density at radius 2 is 2.18 bits per heavy atom. The fraction of sp³-hybridized carbons (Fsp3) is 0.696. The maximum atomic E-state index is 13.4. The summed E-state index contributed by atoms with van der Waals surface area (Å²) in [5.74, 6) is -2.05. The lowest BCUT2D eigenvalue weighted by atomic mass is 9.96. The van der Waals surface area contributed by atoms with Crippen molar-refractivity contribution in [1.29, 1.82) is 0 Å². The van der Waals surface area contributed by atoms with E-state index in [4.69, 9.17) is 25.8 Å². The minimum Gasteiger partial charge on any atom is -0.490 e. The predicted octanol–water partition coefficient (Wildman–Crippen LogP) is 0.728. The van der Waals surface area contributed by atoms with Gasteiger partial charge in [-0.15, -0.1) is 0 Å². The molecule has 2 amide bonds. The molecule has 1 aromatic heterocycles. The van der Waals surface area contributed by atoms with Crippen molar-refractivity contribution in [3.8, 4) is 5.75 Å². The molecule has 4 rings (SSSR count). The Bertz CT molecular complexity index is 989. The number of nitrogens with zero attached hydrogens (tertiary/aromatic N) is 3. The number of alkyl halides is 3.